The van der Waals surface area contributed by atoms with Crippen molar-refractivity contribution >= 4 is 17.9 Å². The van der Waals surface area contributed by atoms with Gasteiger partial charge >= 0.3 is 17.9 Å². The fraction of sp³-hybridized carbons (Fsp3) is 0.925. The van der Waals surface area contributed by atoms with Crippen molar-refractivity contribution in [1.82, 2.24) is 0 Å². The van der Waals surface area contributed by atoms with Crippen molar-refractivity contribution in [1.29, 1.82) is 0 Å². The summed E-state index contributed by atoms with van der Waals surface area (Å²) in [5.41, 5.74) is 0. The SMILES string of the molecule is CCCCCCCC/C=C\CCCCCCCCCCCC(=O)OC(COC(=O)CCCCCCCCCCCCCCCC)COC(=O)CCCCCCCCCCCCCCCCCCCCCCCC. The van der Waals surface area contributed by atoms with Crippen LogP contribution in [-0.4, -0.2) is 37.2 Å². The van der Waals surface area contributed by atoms with Crippen molar-refractivity contribution in [2.24, 2.45) is 0 Å². The predicted molar refractivity (Wildman–Crippen MR) is 317 cm³/mol. The van der Waals surface area contributed by atoms with E-state index in [0.29, 0.717) is 19.3 Å². The fourth-order valence-corrected chi connectivity index (χ4v) is 10.3. The topological polar surface area (TPSA) is 78.9 Å². The normalized spacial score (nSPS) is 12.0. The van der Waals surface area contributed by atoms with Crippen LogP contribution in [0.5, 0.6) is 0 Å². The molecule has 0 amide bonds. The Morgan fingerprint density at radius 1 is 0.260 bits per heavy atom. The van der Waals surface area contributed by atoms with Gasteiger partial charge in [0.25, 0.3) is 0 Å². The molecule has 6 heteroatoms. The molecule has 0 aliphatic rings. The number of allylic oxidation sites excluding steroid dienone is 2. The molecule has 1 atom stereocenters. The first kappa shape index (κ1) is 71.2. The van der Waals surface area contributed by atoms with Gasteiger partial charge in [-0.05, 0) is 44.9 Å². The summed E-state index contributed by atoms with van der Waals surface area (Å²) in [7, 11) is 0. The first-order chi connectivity index (χ1) is 36.0. The van der Waals surface area contributed by atoms with Crippen LogP contribution < -0.4 is 0 Å². The molecule has 0 bridgehead atoms. The lowest BCUT2D eigenvalue weighted by Crippen LogP contribution is -2.30. The first-order valence-electron chi connectivity index (χ1n) is 33.2. The van der Waals surface area contributed by atoms with E-state index in [4.69, 9.17) is 14.2 Å². The molecule has 0 spiro atoms. The fourth-order valence-electron chi connectivity index (χ4n) is 10.3. The number of hydrogen-bond donors (Lipinski definition) is 0. The minimum atomic E-state index is -0.767. The predicted octanol–water partition coefficient (Wildman–Crippen LogP) is 22.4. The molecule has 0 N–H and O–H groups in total. The molecule has 73 heavy (non-hydrogen) atoms. The van der Waals surface area contributed by atoms with Gasteiger partial charge < -0.3 is 14.2 Å². The molecule has 6 nitrogen and oxygen atoms in total. The lowest BCUT2D eigenvalue weighted by molar-refractivity contribution is -0.167. The van der Waals surface area contributed by atoms with Crippen LogP contribution in [0.2, 0.25) is 0 Å². The highest BCUT2D eigenvalue weighted by atomic mass is 16.6. The highest BCUT2D eigenvalue weighted by Gasteiger charge is 2.19. The van der Waals surface area contributed by atoms with E-state index in [1.165, 1.54) is 283 Å². The largest absolute Gasteiger partial charge is 0.462 e. The number of carbonyl (C=O) groups is 3. The van der Waals surface area contributed by atoms with Crippen LogP contribution in [0.15, 0.2) is 12.2 Å². The Bertz CT molecular complexity index is 1130. The number of ether oxygens (including phenoxy) is 3. The van der Waals surface area contributed by atoms with E-state index >= 15 is 0 Å². The molecule has 0 fully saturated rings. The molecule has 432 valence electrons. The third kappa shape index (κ3) is 60.9. The van der Waals surface area contributed by atoms with Crippen molar-refractivity contribution in [2.45, 2.75) is 386 Å². The van der Waals surface area contributed by atoms with Gasteiger partial charge in [-0.1, -0.05) is 328 Å². The Morgan fingerprint density at radius 3 is 0.685 bits per heavy atom. The van der Waals surface area contributed by atoms with E-state index in [1.807, 2.05) is 0 Å². The number of unbranched alkanes of at least 4 members (excludes halogenated alkanes) is 49. The standard InChI is InChI=1S/C67H128O6/c1-4-7-10-13-16-19-22-25-28-30-32-33-34-36-37-39-42-45-48-51-54-57-60-66(69)72-63-64(62-71-65(68)59-56-53-50-47-44-41-27-24-21-18-15-12-9-6-3)73-67(70)61-58-55-52-49-46-43-40-38-35-31-29-26-23-20-17-14-11-8-5-2/h26,29,64H,4-25,27-28,30-63H2,1-3H3/b29-26-. The smallest absolute Gasteiger partial charge is 0.306 e. The summed E-state index contributed by atoms with van der Waals surface area (Å²) in [6.45, 7) is 6.72. The Kier molecular flexibility index (Phi) is 61.1. The highest BCUT2D eigenvalue weighted by Crippen LogP contribution is 2.18. The molecule has 0 rings (SSSR count). The zero-order valence-electron chi connectivity index (χ0n) is 49.7. The summed E-state index contributed by atoms with van der Waals surface area (Å²) >= 11 is 0. The summed E-state index contributed by atoms with van der Waals surface area (Å²) in [5.74, 6) is -0.833. The van der Waals surface area contributed by atoms with Crippen LogP contribution in [0.25, 0.3) is 0 Å². The molecule has 0 aromatic rings. The van der Waals surface area contributed by atoms with Crippen LogP contribution in [-0.2, 0) is 28.6 Å². The van der Waals surface area contributed by atoms with Crippen LogP contribution in [0.1, 0.15) is 380 Å². The Morgan fingerprint density at radius 2 is 0.452 bits per heavy atom. The molecule has 1 unspecified atom stereocenters. The summed E-state index contributed by atoms with van der Waals surface area (Å²) < 4.78 is 17.0. The van der Waals surface area contributed by atoms with Crippen molar-refractivity contribution < 1.29 is 28.6 Å². The second-order valence-corrected chi connectivity index (χ2v) is 22.7. The van der Waals surface area contributed by atoms with Crippen molar-refractivity contribution in [2.75, 3.05) is 13.2 Å². The molecular weight excluding hydrogens is 901 g/mol. The van der Waals surface area contributed by atoms with Gasteiger partial charge in [-0.15, -0.1) is 0 Å². The third-order valence-corrected chi connectivity index (χ3v) is 15.3. The van der Waals surface area contributed by atoms with E-state index in [1.54, 1.807) is 0 Å². The van der Waals surface area contributed by atoms with Gasteiger partial charge in [0.05, 0.1) is 0 Å². The summed E-state index contributed by atoms with van der Waals surface area (Å²) in [5, 5.41) is 0. The van der Waals surface area contributed by atoms with Crippen molar-refractivity contribution in [3.05, 3.63) is 12.2 Å². The van der Waals surface area contributed by atoms with E-state index in [9.17, 15) is 14.4 Å². The third-order valence-electron chi connectivity index (χ3n) is 15.3. The van der Waals surface area contributed by atoms with Gasteiger partial charge in [0.2, 0.25) is 0 Å². The number of esters is 3. The highest BCUT2D eigenvalue weighted by molar-refractivity contribution is 5.71. The summed E-state index contributed by atoms with van der Waals surface area (Å²) in [6, 6.07) is 0. The van der Waals surface area contributed by atoms with E-state index in [0.717, 1.165) is 57.8 Å². The van der Waals surface area contributed by atoms with E-state index < -0.39 is 6.10 Å². The molecule has 0 saturated carbocycles. The van der Waals surface area contributed by atoms with Crippen LogP contribution in [0.4, 0.5) is 0 Å². The van der Waals surface area contributed by atoms with E-state index in [-0.39, 0.29) is 31.1 Å². The zero-order valence-corrected chi connectivity index (χ0v) is 49.7. The number of hydrogen-bond acceptors (Lipinski definition) is 6. The molecule has 0 radical (unpaired) electrons. The molecule has 0 aromatic heterocycles. The molecule has 0 heterocycles. The molecule has 0 saturated heterocycles. The van der Waals surface area contributed by atoms with Crippen LogP contribution >= 0.6 is 0 Å². The van der Waals surface area contributed by atoms with Crippen LogP contribution in [0, 0.1) is 0 Å². The Hall–Kier alpha value is -1.85. The maximum atomic E-state index is 12.9. The number of carbonyl (C=O) groups excluding carboxylic acids is 3. The summed E-state index contributed by atoms with van der Waals surface area (Å²) in [4.78, 5) is 38.3. The van der Waals surface area contributed by atoms with Gasteiger partial charge in [-0.2, -0.15) is 0 Å². The van der Waals surface area contributed by atoms with Gasteiger partial charge in [0.15, 0.2) is 6.10 Å². The first-order valence-corrected chi connectivity index (χ1v) is 33.2. The van der Waals surface area contributed by atoms with Gasteiger partial charge in [-0.25, -0.2) is 0 Å². The lowest BCUT2D eigenvalue weighted by Gasteiger charge is -2.18. The van der Waals surface area contributed by atoms with Gasteiger partial charge in [-0.3, -0.25) is 14.4 Å². The lowest BCUT2D eigenvalue weighted by atomic mass is 10.0. The maximum absolute atomic E-state index is 12.9. The average Bonchev–Trinajstić information content (AvgIpc) is 3.39. The zero-order chi connectivity index (χ0) is 52.9. The quantitative estimate of drug-likeness (QED) is 0.0261. The van der Waals surface area contributed by atoms with Crippen LogP contribution in [0.3, 0.4) is 0 Å². The Balaban J connectivity index is 4.26. The monoisotopic (exact) mass is 1030 g/mol. The minimum absolute atomic E-state index is 0.0640. The van der Waals surface area contributed by atoms with Gasteiger partial charge in [0.1, 0.15) is 13.2 Å². The van der Waals surface area contributed by atoms with Crippen molar-refractivity contribution in [3.8, 4) is 0 Å². The Labute approximate surface area is 456 Å². The van der Waals surface area contributed by atoms with Gasteiger partial charge in [0, 0.05) is 19.3 Å². The molecule has 0 aliphatic carbocycles. The minimum Gasteiger partial charge on any atom is -0.462 e. The molecular formula is C67H128O6. The van der Waals surface area contributed by atoms with Crippen molar-refractivity contribution in [3.63, 3.8) is 0 Å². The average molecular weight is 1030 g/mol. The number of rotatable bonds is 62. The molecule has 0 aliphatic heterocycles. The van der Waals surface area contributed by atoms with E-state index in [2.05, 4.69) is 32.9 Å². The summed E-state index contributed by atoms with van der Waals surface area (Å²) in [6.07, 6.45) is 73.6. The molecule has 0 aromatic carbocycles. The maximum Gasteiger partial charge on any atom is 0.306 e. The second-order valence-electron chi connectivity index (χ2n) is 22.7. The second kappa shape index (κ2) is 62.7.